The van der Waals surface area contributed by atoms with Crippen LogP contribution in [0.4, 0.5) is 0 Å². The topological polar surface area (TPSA) is 49.0 Å². The first-order chi connectivity index (χ1) is 7.77. The molecule has 2 rings (SSSR count). The number of imidazole rings is 1. The second kappa shape index (κ2) is 4.96. The molecule has 0 saturated carbocycles. The predicted octanol–water partition coefficient (Wildman–Crippen LogP) is 1.72. The molecule has 16 heavy (non-hydrogen) atoms. The van der Waals surface area contributed by atoms with Gasteiger partial charge in [-0.1, -0.05) is 12.2 Å². The molecule has 1 amide bonds. The summed E-state index contributed by atoms with van der Waals surface area (Å²) in [5.74, 6) is 1.22. The number of nitrogens with one attached hydrogen (secondary N) is 1. The van der Waals surface area contributed by atoms with Crippen molar-refractivity contribution in [2.45, 2.75) is 25.8 Å². The van der Waals surface area contributed by atoms with E-state index in [-0.39, 0.29) is 11.8 Å². The number of rotatable bonds is 3. The van der Waals surface area contributed by atoms with Crippen molar-refractivity contribution in [3.05, 3.63) is 30.4 Å². The van der Waals surface area contributed by atoms with Gasteiger partial charge in [0.2, 0.25) is 5.91 Å². The second-order valence-corrected chi connectivity index (χ2v) is 4.21. The zero-order valence-corrected chi connectivity index (χ0v) is 9.52. The molecule has 1 aromatic heterocycles. The van der Waals surface area contributed by atoms with E-state index in [1.165, 1.54) is 0 Å². The van der Waals surface area contributed by atoms with Gasteiger partial charge in [-0.05, 0) is 19.3 Å². The molecule has 86 valence electrons. The number of H-pyrrole nitrogens is 1. The lowest BCUT2D eigenvalue weighted by Crippen LogP contribution is -2.33. The zero-order valence-electron chi connectivity index (χ0n) is 9.52. The molecule has 0 aliphatic heterocycles. The van der Waals surface area contributed by atoms with E-state index < -0.39 is 0 Å². The van der Waals surface area contributed by atoms with Crippen molar-refractivity contribution in [1.82, 2.24) is 14.9 Å². The third kappa shape index (κ3) is 2.51. The molecule has 1 aliphatic carbocycles. The summed E-state index contributed by atoms with van der Waals surface area (Å²) in [6.45, 7) is 0.562. The van der Waals surface area contributed by atoms with Gasteiger partial charge in [-0.3, -0.25) is 4.79 Å². The van der Waals surface area contributed by atoms with Gasteiger partial charge in [0.25, 0.3) is 0 Å². The first kappa shape index (κ1) is 10.9. The fourth-order valence-electron chi connectivity index (χ4n) is 2.02. The van der Waals surface area contributed by atoms with Gasteiger partial charge in [0.1, 0.15) is 5.82 Å². The maximum absolute atomic E-state index is 12.1. The van der Waals surface area contributed by atoms with Crippen LogP contribution in [0.3, 0.4) is 0 Å². The predicted molar refractivity (Wildman–Crippen MR) is 61.5 cm³/mol. The van der Waals surface area contributed by atoms with Crippen LogP contribution in [0.15, 0.2) is 24.5 Å². The maximum atomic E-state index is 12.1. The molecule has 1 aromatic rings. The Hall–Kier alpha value is -1.58. The summed E-state index contributed by atoms with van der Waals surface area (Å²) in [7, 11) is 1.84. The van der Waals surface area contributed by atoms with Crippen LogP contribution in [0.25, 0.3) is 0 Å². The van der Waals surface area contributed by atoms with Crippen LogP contribution in [-0.4, -0.2) is 27.8 Å². The minimum Gasteiger partial charge on any atom is -0.347 e. The number of carbonyl (C=O) groups excluding carboxylic acids is 1. The molecule has 4 heteroatoms. The highest BCUT2D eigenvalue weighted by atomic mass is 16.2. The highest BCUT2D eigenvalue weighted by molar-refractivity contribution is 5.78. The zero-order chi connectivity index (χ0) is 11.4. The number of hydrogen-bond donors (Lipinski definition) is 1. The van der Waals surface area contributed by atoms with E-state index in [9.17, 15) is 4.79 Å². The fourth-order valence-corrected chi connectivity index (χ4v) is 2.02. The van der Waals surface area contributed by atoms with E-state index >= 15 is 0 Å². The first-order valence-corrected chi connectivity index (χ1v) is 5.65. The van der Waals surface area contributed by atoms with Crippen molar-refractivity contribution in [2.24, 2.45) is 5.92 Å². The van der Waals surface area contributed by atoms with Gasteiger partial charge in [-0.15, -0.1) is 0 Å². The fraction of sp³-hybridized carbons (Fsp3) is 0.500. The minimum absolute atomic E-state index is 0.157. The van der Waals surface area contributed by atoms with E-state index in [1.807, 2.05) is 7.05 Å². The van der Waals surface area contributed by atoms with Gasteiger partial charge >= 0.3 is 0 Å². The van der Waals surface area contributed by atoms with Gasteiger partial charge in [-0.25, -0.2) is 4.98 Å². The van der Waals surface area contributed by atoms with Crippen LogP contribution in [0, 0.1) is 5.92 Å². The smallest absolute Gasteiger partial charge is 0.226 e. The molecule has 1 N–H and O–H groups in total. The average molecular weight is 219 g/mol. The van der Waals surface area contributed by atoms with Crippen molar-refractivity contribution in [2.75, 3.05) is 7.05 Å². The number of allylic oxidation sites excluding steroid dienone is 2. The highest BCUT2D eigenvalue weighted by Crippen LogP contribution is 2.20. The molecule has 1 heterocycles. The Labute approximate surface area is 95.4 Å². The van der Waals surface area contributed by atoms with Crippen LogP contribution in [-0.2, 0) is 11.3 Å². The number of aromatic amines is 1. The van der Waals surface area contributed by atoms with Gasteiger partial charge in [-0.2, -0.15) is 0 Å². The standard InChI is InChI=1S/C12H17N3O/c1-15(9-11-13-7-8-14-11)12(16)10-5-3-2-4-6-10/h2-3,7-8,10H,4-6,9H2,1H3,(H,13,14). The maximum Gasteiger partial charge on any atom is 0.226 e. The van der Waals surface area contributed by atoms with Gasteiger partial charge in [0, 0.05) is 25.4 Å². The first-order valence-electron chi connectivity index (χ1n) is 5.65. The lowest BCUT2D eigenvalue weighted by Gasteiger charge is -2.23. The van der Waals surface area contributed by atoms with E-state index in [1.54, 1.807) is 17.3 Å². The van der Waals surface area contributed by atoms with Crippen LogP contribution < -0.4 is 0 Å². The summed E-state index contributed by atoms with van der Waals surface area (Å²) < 4.78 is 0. The molecule has 0 aromatic carbocycles. The number of nitrogens with zero attached hydrogens (tertiary/aromatic N) is 2. The van der Waals surface area contributed by atoms with Gasteiger partial charge < -0.3 is 9.88 Å². The Morgan fingerprint density at radius 1 is 1.62 bits per heavy atom. The molecule has 0 bridgehead atoms. The van der Waals surface area contributed by atoms with Crippen molar-refractivity contribution in [3.63, 3.8) is 0 Å². The molecule has 4 nitrogen and oxygen atoms in total. The Bertz CT molecular complexity index is 370. The summed E-state index contributed by atoms with van der Waals surface area (Å²) in [6, 6.07) is 0. The van der Waals surface area contributed by atoms with E-state index in [2.05, 4.69) is 22.1 Å². The molecule has 1 atom stereocenters. The van der Waals surface area contributed by atoms with Crippen LogP contribution in [0.1, 0.15) is 25.1 Å². The summed E-state index contributed by atoms with van der Waals surface area (Å²) in [5.41, 5.74) is 0. The molecule has 0 fully saturated rings. The lowest BCUT2D eigenvalue weighted by molar-refractivity contribution is -0.135. The van der Waals surface area contributed by atoms with Crippen molar-refractivity contribution in [3.8, 4) is 0 Å². The summed E-state index contributed by atoms with van der Waals surface area (Å²) in [4.78, 5) is 21.0. The number of amides is 1. The molecular formula is C12H17N3O. The summed E-state index contributed by atoms with van der Waals surface area (Å²) in [5, 5.41) is 0. The molecule has 0 radical (unpaired) electrons. The van der Waals surface area contributed by atoms with Crippen LogP contribution in [0.2, 0.25) is 0 Å². The molecular weight excluding hydrogens is 202 g/mol. The monoisotopic (exact) mass is 219 g/mol. The SMILES string of the molecule is CN(Cc1ncc[nH]1)C(=O)C1CC=CCC1. The van der Waals surface area contributed by atoms with E-state index in [0.717, 1.165) is 25.1 Å². The molecule has 0 spiro atoms. The van der Waals surface area contributed by atoms with Crippen molar-refractivity contribution in [1.29, 1.82) is 0 Å². The summed E-state index contributed by atoms with van der Waals surface area (Å²) in [6.07, 6.45) is 10.6. The van der Waals surface area contributed by atoms with E-state index in [0.29, 0.717) is 6.54 Å². The van der Waals surface area contributed by atoms with Crippen LogP contribution >= 0.6 is 0 Å². The largest absolute Gasteiger partial charge is 0.347 e. The molecule has 0 saturated heterocycles. The normalized spacial score (nSPS) is 19.7. The Kier molecular flexibility index (Phi) is 3.39. The highest BCUT2D eigenvalue weighted by Gasteiger charge is 2.22. The van der Waals surface area contributed by atoms with Crippen molar-refractivity contribution >= 4 is 5.91 Å². The Morgan fingerprint density at radius 3 is 3.12 bits per heavy atom. The third-order valence-corrected chi connectivity index (χ3v) is 2.94. The Balaban J connectivity index is 1.91. The minimum atomic E-state index is 0.157. The average Bonchev–Trinajstić information content (AvgIpc) is 2.82. The quantitative estimate of drug-likeness (QED) is 0.787. The van der Waals surface area contributed by atoms with Crippen LogP contribution in [0.5, 0.6) is 0 Å². The molecule has 1 unspecified atom stereocenters. The number of hydrogen-bond acceptors (Lipinski definition) is 2. The Morgan fingerprint density at radius 2 is 2.50 bits per heavy atom. The lowest BCUT2D eigenvalue weighted by atomic mass is 9.93. The van der Waals surface area contributed by atoms with Crippen molar-refractivity contribution < 1.29 is 4.79 Å². The van der Waals surface area contributed by atoms with E-state index in [4.69, 9.17) is 0 Å². The van der Waals surface area contributed by atoms with Gasteiger partial charge in [0.05, 0.1) is 6.54 Å². The number of carbonyl (C=O) groups is 1. The summed E-state index contributed by atoms with van der Waals surface area (Å²) >= 11 is 0. The van der Waals surface area contributed by atoms with Gasteiger partial charge in [0.15, 0.2) is 0 Å². The molecule has 1 aliphatic rings. The second-order valence-electron chi connectivity index (χ2n) is 4.21. The number of aromatic nitrogens is 2. The third-order valence-electron chi connectivity index (χ3n) is 2.94.